The summed E-state index contributed by atoms with van der Waals surface area (Å²) in [7, 11) is 0. The van der Waals surface area contributed by atoms with Gasteiger partial charge in [0.2, 0.25) is 5.91 Å². The second-order valence-corrected chi connectivity index (χ2v) is 6.74. The Morgan fingerprint density at radius 2 is 2.00 bits per heavy atom. The van der Waals surface area contributed by atoms with Gasteiger partial charge in [-0.15, -0.1) is 0 Å². The van der Waals surface area contributed by atoms with Crippen LogP contribution in [0.1, 0.15) is 49.2 Å². The first-order valence-corrected chi connectivity index (χ1v) is 8.38. The zero-order valence-corrected chi connectivity index (χ0v) is 14.3. The van der Waals surface area contributed by atoms with E-state index in [1.165, 1.54) is 0 Å². The van der Waals surface area contributed by atoms with Gasteiger partial charge >= 0.3 is 0 Å². The Morgan fingerprint density at radius 3 is 2.57 bits per heavy atom. The van der Waals surface area contributed by atoms with Crippen LogP contribution in [-0.4, -0.2) is 40.7 Å². The number of piperidine rings is 1. The Labute approximate surface area is 138 Å². The van der Waals surface area contributed by atoms with Crippen molar-refractivity contribution in [2.45, 2.75) is 46.1 Å². The molecular weight excluding hydrogens is 290 g/mol. The molecule has 1 saturated heterocycles. The normalized spacial score (nSPS) is 18.5. The van der Waals surface area contributed by atoms with Gasteiger partial charge in [0.25, 0.3) is 0 Å². The molecule has 1 amide bonds. The lowest BCUT2D eigenvalue weighted by Gasteiger charge is -2.35. The van der Waals surface area contributed by atoms with Crippen LogP contribution < -0.4 is 5.73 Å². The van der Waals surface area contributed by atoms with Crippen molar-refractivity contribution in [3.63, 3.8) is 0 Å². The average molecular weight is 317 g/mol. The van der Waals surface area contributed by atoms with Crippen molar-refractivity contribution in [3.8, 4) is 0 Å². The maximum absolute atomic E-state index is 12.4. The van der Waals surface area contributed by atoms with Crippen molar-refractivity contribution in [2.75, 3.05) is 13.1 Å². The van der Waals surface area contributed by atoms with E-state index < -0.39 is 6.04 Å². The second-order valence-electron chi connectivity index (χ2n) is 6.74. The molecule has 0 aliphatic carbocycles. The molecule has 2 heterocycles. The van der Waals surface area contributed by atoms with Gasteiger partial charge in [0.15, 0.2) is 5.78 Å². The fourth-order valence-corrected chi connectivity index (χ4v) is 3.27. The van der Waals surface area contributed by atoms with Gasteiger partial charge in [-0.2, -0.15) is 0 Å². The van der Waals surface area contributed by atoms with Crippen molar-refractivity contribution in [1.82, 2.24) is 9.88 Å². The van der Waals surface area contributed by atoms with Crippen LogP contribution in [0.5, 0.6) is 0 Å². The van der Waals surface area contributed by atoms with Crippen molar-refractivity contribution in [1.29, 1.82) is 0 Å². The fraction of sp³-hybridized carbons (Fsp3) is 0.611. The Hall–Kier alpha value is -1.75. The van der Waals surface area contributed by atoms with Crippen molar-refractivity contribution in [2.24, 2.45) is 17.6 Å². The van der Waals surface area contributed by atoms with E-state index in [9.17, 15) is 9.59 Å². The quantitative estimate of drug-likeness (QED) is 0.845. The predicted octanol–water partition coefficient (Wildman–Crippen LogP) is 2.18. The Kier molecular flexibility index (Phi) is 5.88. The molecule has 0 saturated carbocycles. The summed E-state index contributed by atoms with van der Waals surface area (Å²) in [6, 6.07) is 3.20. The molecule has 2 rings (SSSR count). The molecule has 0 aromatic carbocycles. The number of ketones is 1. The minimum atomic E-state index is -0.430. The van der Waals surface area contributed by atoms with E-state index in [0.29, 0.717) is 18.3 Å². The number of carbonyl (C=O) groups is 2. The minimum absolute atomic E-state index is 0.0273. The van der Waals surface area contributed by atoms with Crippen LogP contribution >= 0.6 is 0 Å². The van der Waals surface area contributed by atoms with Gasteiger partial charge in [0, 0.05) is 37.0 Å². The van der Waals surface area contributed by atoms with E-state index in [1.807, 2.05) is 17.9 Å². The molecule has 2 N–H and O–H groups in total. The van der Waals surface area contributed by atoms with Crippen LogP contribution in [0.2, 0.25) is 0 Å². The lowest BCUT2D eigenvalue weighted by molar-refractivity contribution is -0.133. The Morgan fingerprint density at radius 1 is 1.35 bits per heavy atom. The molecule has 1 aromatic rings. The first kappa shape index (κ1) is 17.6. The van der Waals surface area contributed by atoms with Gasteiger partial charge in [0.1, 0.15) is 0 Å². The summed E-state index contributed by atoms with van der Waals surface area (Å²) in [4.78, 5) is 30.3. The molecule has 5 heteroatoms. The van der Waals surface area contributed by atoms with Crippen molar-refractivity contribution < 1.29 is 9.59 Å². The zero-order valence-electron chi connectivity index (χ0n) is 14.3. The number of Topliss-reactive ketones (excluding diaryl/α,β-unsaturated/α-hetero) is 1. The third kappa shape index (κ3) is 4.61. The van der Waals surface area contributed by atoms with E-state index in [0.717, 1.165) is 37.2 Å². The van der Waals surface area contributed by atoms with E-state index in [2.05, 4.69) is 11.9 Å². The number of nitrogens with zero attached hydrogens (tertiary/aromatic N) is 2. The summed E-state index contributed by atoms with van der Waals surface area (Å²) >= 11 is 0. The average Bonchev–Trinajstić information content (AvgIpc) is 2.54. The summed E-state index contributed by atoms with van der Waals surface area (Å²) < 4.78 is 0. The molecule has 2 atom stereocenters. The number of rotatable bonds is 5. The van der Waals surface area contributed by atoms with Crippen molar-refractivity contribution in [3.05, 3.63) is 29.6 Å². The standard InChI is InChI=1S/C18H27N3O2/c1-12(10-17(22)16-4-7-20-13(2)11-16)15-5-8-21(9-6-15)18(23)14(3)19/h4,7,11-12,14-15H,5-6,8-10,19H2,1-3H3/t12?,14-/m0/s1. The SMILES string of the molecule is Cc1cc(C(=O)CC(C)C2CCN(C(=O)[C@H](C)N)CC2)ccn1. The number of pyridine rings is 1. The molecule has 5 nitrogen and oxygen atoms in total. The Bertz CT molecular complexity index is 563. The van der Waals surface area contributed by atoms with Gasteiger partial charge in [-0.3, -0.25) is 14.6 Å². The summed E-state index contributed by atoms with van der Waals surface area (Å²) in [6.45, 7) is 7.26. The van der Waals surface area contributed by atoms with E-state index in [4.69, 9.17) is 5.73 Å². The number of hydrogen-bond acceptors (Lipinski definition) is 4. The molecule has 1 aliphatic heterocycles. The maximum atomic E-state index is 12.4. The topological polar surface area (TPSA) is 76.3 Å². The first-order valence-electron chi connectivity index (χ1n) is 8.38. The van der Waals surface area contributed by atoms with Crippen LogP contribution in [0, 0.1) is 18.8 Å². The molecule has 1 aliphatic rings. The molecule has 1 unspecified atom stereocenters. The number of carbonyl (C=O) groups excluding carboxylic acids is 2. The maximum Gasteiger partial charge on any atom is 0.239 e. The van der Waals surface area contributed by atoms with Gasteiger partial charge in [-0.1, -0.05) is 6.92 Å². The highest BCUT2D eigenvalue weighted by atomic mass is 16.2. The number of nitrogens with two attached hydrogens (primary N) is 1. The van der Waals surface area contributed by atoms with Crippen LogP contribution in [0.25, 0.3) is 0 Å². The Balaban J connectivity index is 1.86. The van der Waals surface area contributed by atoms with Gasteiger partial charge < -0.3 is 10.6 Å². The largest absolute Gasteiger partial charge is 0.341 e. The smallest absolute Gasteiger partial charge is 0.239 e. The van der Waals surface area contributed by atoms with E-state index in [-0.39, 0.29) is 11.7 Å². The molecule has 0 radical (unpaired) electrons. The van der Waals surface area contributed by atoms with Crippen LogP contribution in [0.3, 0.4) is 0 Å². The van der Waals surface area contributed by atoms with E-state index in [1.54, 1.807) is 19.2 Å². The van der Waals surface area contributed by atoms with Crippen LogP contribution in [0.4, 0.5) is 0 Å². The monoisotopic (exact) mass is 317 g/mol. The molecule has 1 fully saturated rings. The molecular formula is C18H27N3O2. The number of aromatic nitrogens is 1. The van der Waals surface area contributed by atoms with Gasteiger partial charge in [0.05, 0.1) is 6.04 Å². The molecule has 0 spiro atoms. The molecule has 23 heavy (non-hydrogen) atoms. The van der Waals surface area contributed by atoms with E-state index >= 15 is 0 Å². The molecule has 126 valence electrons. The first-order chi connectivity index (χ1) is 10.9. The van der Waals surface area contributed by atoms with Crippen LogP contribution in [-0.2, 0) is 4.79 Å². The third-order valence-electron chi connectivity index (χ3n) is 4.77. The van der Waals surface area contributed by atoms with Gasteiger partial charge in [-0.05, 0) is 50.7 Å². The highest BCUT2D eigenvalue weighted by molar-refractivity contribution is 5.96. The zero-order chi connectivity index (χ0) is 17.0. The highest BCUT2D eigenvalue weighted by Crippen LogP contribution is 2.28. The minimum Gasteiger partial charge on any atom is -0.341 e. The molecule has 1 aromatic heterocycles. The second kappa shape index (κ2) is 7.68. The number of aryl methyl sites for hydroxylation is 1. The summed E-state index contributed by atoms with van der Waals surface area (Å²) in [5.41, 5.74) is 7.27. The number of hydrogen-bond donors (Lipinski definition) is 1. The number of amides is 1. The predicted molar refractivity (Wildman–Crippen MR) is 90.0 cm³/mol. The van der Waals surface area contributed by atoms with Gasteiger partial charge in [-0.25, -0.2) is 0 Å². The fourth-order valence-electron chi connectivity index (χ4n) is 3.27. The summed E-state index contributed by atoms with van der Waals surface area (Å²) in [5.74, 6) is 1.01. The van der Waals surface area contributed by atoms with Crippen molar-refractivity contribution >= 4 is 11.7 Å². The van der Waals surface area contributed by atoms with Crippen LogP contribution in [0.15, 0.2) is 18.3 Å². The number of likely N-dealkylation sites (tertiary alicyclic amines) is 1. The summed E-state index contributed by atoms with van der Waals surface area (Å²) in [6.07, 6.45) is 4.13. The molecule has 0 bridgehead atoms. The lowest BCUT2D eigenvalue weighted by Crippen LogP contribution is -2.46. The summed E-state index contributed by atoms with van der Waals surface area (Å²) in [5, 5.41) is 0. The highest BCUT2D eigenvalue weighted by Gasteiger charge is 2.28. The third-order valence-corrected chi connectivity index (χ3v) is 4.77. The lowest BCUT2D eigenvalue weighted by atomic mass is 9.82.